The topological polar surface area (TPSA) is 47.6 Å². The lowest BCUT2D eigenvalue weighted by Gasteiger charge is -2.32. The number of thioether (sulfide) groups is 1. The molecule has 0 aromatic heterocycles. The zero-order valence-electron chi connectivity index (χ0n) is 16.7. The first-order valence-corrected chi connectivity index (χ1v) is 10.1. The Morgan fingerprint density at radius 3 is 2.46 bits per heavy atom. The molecule has 2 rings (SSSR count). The Morgan fingerprint density at radius 2 is 1.88 bits per heavy atom. The lowest BCUT2D eigenvalue weighted by atomic mass is 9.78. The molecular weight excluding hydrogens is 345 g/mol. The molecule has 0 spiro atoms. The average molecular weight is 375 g/mol. The van der Waals surface area contributed by atoms with Crippen LogP contribution in [-0.4, -0.2) is 35.7 Å². The Bertz CT molecular complexity index is 657. The van der Waals surface area contributed by atoms with Gasteiger partial charge in [0.05, 0.1) is 11.2 Å². The average Bonchev–Trinajstić information content (AvgIpc) is 2.77. The monoisotopic (exact) mass is 375 g/mol. The van der Waals surface area contributed by atoms with Crippen LogP contribution in [0.25, 0.3) is 6.08 Å². The van der Waals surface area contributed by atoms with Crippen molar-refractivity contribution >= 4 is 30.1 Å². The van der Waals surface area contributed by atoms with Crippen LogP contribution < -0.4 is 5.32 Å². The van der Waals surface area contributed by atoms with Crippen molar-refractivity contribution in [1.29, 1.82) is 0 Å². The summed E-state index contributed by atoms with van der Waals surface area (Å²) < 4.78 is 12.4. The van der Waals surface area contributed by atoms with Gasteiger partial charge in [-0.25, -0.2) is 0 Å². The van der Waals surface area contributed by atoms with E-state index in [9.17, 15) is 4.79 Å². The Morgan fingerprint density at radius 1 is 1.23 bits per heavy atom. The van der Waals surface area contributed by atoms with Crippen LogP contribution in [0, 0.1) is 0 Å². The maximum Gasteiger partial charge on any atom is 0.491 e. The van der Waals surface area contributed by atoms with Crippen LogP contribution in [0.5, 0.6) is 0 Å². The molecule has 1 aromatic rings. The molecule has 26 heavy (non-hydrogen) atoms. The lowest BCUT2D eigenvalue weighted by Crippen LogP contribution is -2.41. The number of rotatable bonds is 7. The predicted molar refractivity (Wildman–Crippen MR) is 111 cm³/mol. The minimum Gasteiger partial charge on any atom is -0.400 e. The van der Waals surface area contributed by atoms with Crippen LogP contribution in [0.1, 0.15) is 52.7 Å². The van der Waals surface area contributed by atoms with Crippen LogP contribution in [0.3, 0.4) is 0 Å². The molecular formula is C20H30BNO3S. The molecule has 6 heteroatoms. The highest BCUT2D eigenvalue weighted by molar-refractivity contribution is 8.13. The summed E-state index contributed by atoms with van der Waals surface area (Å²) in [4.78, 5) is 11.5. The standard InChI is InChI=1S/C20H30BNO3S/c1-7-22-13-17-10-8-9-16(11-17)12-18(14-26-15(2)23)21-24-19(3,4)20(5,6)25-21/h8-12,22H,7,13-14H2,1-6H3. The van der Waals surface area contributed by atoms with Crippen molar-refractivity contribution in [3.63, 3.8) is 0 Å². The van der Waals surface area contributed by atoms with Gasteiger partial charge in [-0.2, -0.15) is 0 Å². The Hall–Kier alpha value is -1.08. The maximum atomic E-state index is 11.5. The molecule has 1 heterocycles. The zero-order valence-corrected chi connectivity index (χ0v) is 17.5. The van der Waals surface area contributed by atoms with Gasteiger partial charge in [0, 0.05) is 19.2 Å². The lowest BCUT2D eigenvalue weighted by molar-refractivity contribution is -0.109. The van der Waals surface area contributed by atoms with E-state index in [4.69, 9.17) is 9.31 Å². The van der Waals surface area contributed by atoms with E-state index in [0.717, 1.165) is 24.1 Å². The molecule has 0 radical (unpaired) electrons. The largest absolute Gasteiger partial charge is 0.491 e. The molecule has 0 saturated carbocycles. The summed E-state index contributed by atoms with van der Waals surface area (Å²) in [5.41, 5.74) is 2.50. The summed E-state index contributed by atoms with van der Waals surface area (Å²) >= 11 is 1.28. The molecule has 0 unspecified atom stereocenters. The Kier molecular flexibility index (Phi) is 7.14. The van der Waals surface area contributed by atoms with E-state index in [1.807, 2.05) is 27.7 Å². The minimum atomic E-state index is -0.440. The van der Waals surface area contributed by atoms with Gasteiger partial charge in [0.2, 0.25) is 0 Å². The van der Waals surface area contributed by atoms with Gasteiger partial charge in [0.15, 0.2) is 5.12 Å². The van der Waals surface area contributed by atoms with Crippen molar-refractivity contribution in [1.82, 2.24) is 5.32 Å². The first-order valence-electron chi connectivity index (χ1n) is 9.14. The highest BCUT2D eigenvalue weighted by atomic mass is 32.2. The SMILES string of the molecule is CCNCc1cccc(C=C(CSC(C)=O)B2OC(C)(C)C(C)(C)O2)c1. The quantitative estimate of drug-likeness (QED) is 0.728. The molecule has 1 N–H and O–H groups in total. The summed E-state index contributed by atoms with van der Waals surface area (Å²) in [6.07, 6.45) is 2.09. The van der Waals surface area contributed by atoms with Gasteiger partial charge in [-0.05, 0) is 50.8 Å². The fraction of sp³-hybridized carbons (Fsp3) is 0.550. The third-order valence-corrected chi connectivity index (χ3v) is 5.76. The number of carbonyl (C=O) groups is 1. The Balaban J connectivity index is 2.27. The molecule has 0 bridgehead atoms. The second-order valence-electron chi connectivity index (χ2n) is 7.61. The molecule has 0 amide bonds. The van der Waals surface area contributed by atoms with Gasteiger partial charge in [-0.1, -0.05) is 49.0 Å². The van der Waals surface area contributed by atoms with E-state index in [-0.39, 0.29) is 5.12 Å². The van der Waals surface area contributed by atoms with Crippen LogP contribution in [0.4, 0.5) is 0 Å². The summed E-state index contributed by atoms with van der Waals surface area (Å²) in [6.45, 7) is 13.6. The summed E-state index contributed by atoms with van der Waals surface area (Å²) in [5.74, 6) is 0.559. The van der Waals surface area contributed by atoms with Crippen LogP contribution >= 0.6 is 11.8 Å². The fourth-order valence-electron chi connectivity index (χ4n) is 2.63. The van der Waals surface area contributed by atoms with Crippen molar-refractivity contribution in [2.24, 2.45) is 0 Å². The van der Waals surface area contributed by atoms with E-state index in [0.29, 0.717) is 5.75 Å². The predicted octanol–water partition coefficient (Wildman–Crippen LogP) is 4.09. The van der Waals surface area contributed by atoms with Gasteiger partial charge in [-0.15, -0.1) is 0 Å². The highest BCUT2D eigenvalue weighted by Crippen LogP contribution is 2.39. The molecule has 4 nitrogen and oxygen atoms in total. The second kappa shape index (κ2) is 8.74. The molecule has 1 aromatic carbocycles. The number of benzene rings is 1. The molecule has 0 aliphatic carbocycles. The minimum absolute atomic E-state index is 0.0910. The van der Waals surface area contributed by atoms with E-state index in [2.05, 4.69) is 42.6 Å². The van der Waals surface area contributed by atoms with E-state index < -0.39 is 18.3 Å². The third kappa shape index (κ3) is 5.46. The molecule has 0 atom stereocenters. The van der Waals surface area contributed by atoms with E-state index in [1.54, 1.807) is 6.92 Å². The number of hydrogen-bond donors (Lipinski definition) is 1. The van der Waals surface area contributed by atoms with Crippen molar-refractivity contribution in [3.05, 3.63) is 40.9 Å². The first-order chi connectivity index (χ1) is 12.1. The number of nitrogens with one attached hydrogen (secondary N) is 1. The van der Waals surface area contributed by atoms with Crippen molar-refractivity contribution in [2.75, 3.05) is 12.3 Å². The molecule has 142 valence electrons. The third-order valence-electron chi connectivity index (χ3n) is 4.88. The smallest absolute Gasteiger partial charge is 0.400 e. The Labute approximate surface area is 162 Å². The first kappa shape index (κ1) is 21.2. The van der Waals surface area contributed by atoms with Crippen molar-refractivity contribution in [2.45, 2.75) is 59.3 Å². The maximum absolute atomic E-state index is 11.5. The molecule has 1 aliphatic rings. The van der Waals surface area contributed by atoms with E-state index in [1.165, 1.54) is 17.3 Å². The molecule has 1 saturated heterocycles. The fourth-order valence-corrected chi connectivity index (χ4v) is 3.22. The van der Waals surface area contributed by atoms with Gasteiger partial charge >= 0.3 is 7.12 Å². The summed E-state index contributed by atoms with van der Waals surface area (Å²) in [7, 11) is -0.440. The van der Waals surface area contributed by atoms with Crippen LogP contribution in [0.2, 0.25) is 0 Å². The highest BCUT2D eigenvalue weighted by Gasteiger charge is 2.52. The zero-order chi connectivity index (χ0) is 19.4. The van der Waals surface area contributed by atoms with Crippen LogP contribution in [0.15, 0.2) is 29.7 Å². The van der Waals surface area contributed by atoms with Crippen molar-refractivity contribution < 1.29 is 14.1 Å². The second-order valence-corrected chi connectivity index (χ2v) is 8.77. The van der Waals surface area contributed by atoms with Gasteiger partial charge in [0.25, 0.3) is 0 Å². The van der Waals surface area contributed by atoms with Gasteiger partial charge < -0.3 is 14.6 Å². The number of carbonyl (C=O) groups excluding carboxylic acids is 1. The summed E-state index contributed by atoms with van der Waals surface area (Å²) in [5, 5.41) is 3.43. The van der Waals surface area contributed by atoms with Gasteiger partial charge in [-0.3, -0.25) is 4.79 Å². The summed E-state index contributed by atoms with van der Waals surface area (Å²) in [6, 6.07) is 8.39. The molecule has 1 fully saturated rings. The van der Waals surface area contributed by atoms with Gasteiger partial charge in [0.1, 0.15) is 0 Å². The number of hydrogen-bond acceptors (Lipinski definition) is 5. The normalized spacial score (nSPS) is 19.0. The molecule has 1 aliphatic heterocycles. The van der Waals surface area contributed by atoms with E-state index >= 15 is 0 Å². The van der Waals surface area contributed by atoms with Crippen molar-refractivity contribution in [3.8, 4) is 0 Å². The van der Waals surface area contributed by atoms with Crippen LogP contribution in [-0.2, 0) is 20.6 Å².